The number of hydrogen-bond donors (Lipinski definition) is 4. The third kappa shape index (κ3) is 7.02. The van der Waals surface area contributed by atoms with Gasteiger partial charge in [0.05, 0.1) is 6.04 Å². The van der Waals surface area contributed by atoms with Crippen LogP contribution in [0.3, 0.4) is 0 Å². The Bertz CT molecular complexity index is 1390. The summed E-state index contributed by atoms with van der Waals surface area (Å²) < 4.78 is 41.7. The first-order valence-corrected chi connectivity index (χ1v) is 14.8. The number of fused-ring (bicyclic) bond motifs is 1. The fraction of sp³-hybridized carbons (Fsp3) is 0.567. The number of alkyl halides is 3. The largest absolute Gasteiger partial charge is 0.417 e. The van der Waals surface area contributed by atoms with Crippen molar-refractivity contribution < 1.29 is 32.3 Å². The van der Waals surface area contributed by atoms with E-state index in [1.165, 1.54) is 0 Å². The lowest BCUT2D eigenvalue weighted by Crippen LogP contribution is -2.54. The fourth-order valence-corrected chi connectivity index (χ4v) is 6.17. The molecule has 2 saturated carbocycles. The van der Waals surface area contributed by atoms with Gasteiger partial charge in [0, 0.05) is 24.8 Å². The monoisotopic (exact) mass is 602 g/mol. The molecule has 1 aromatic carbocycles. The highest BCUT2D eigenvalue weighted by atomic mass is 19.4. The number of carbonyl (C=O) groups is 4. The minimum absolute atomic E-state index is 0.0265. The second-order valence-electron chi connectivity index (χ2n) is 12.1. The molecule has 0 spiro atoms. The summed E-state index contributed by atoms with van der Waals surface area (Å²) in [5, 5.41) is 14.3. The van der Waals surface area contributed by atoms with Crippen molar-refractivity contribution in [3.63, 3.8) is 0 Å². The minimum Gasteiger partial charge on any atom is -0.347 e. The quantitative estimate of drug-likeness (QED) is 0.311. The van der Waals surface area contributed by atoms with Crippen LogP contribution in [0.5, 0.6) is 0 Å². The number of benzene rings is 1. The van der Waals surface area contributed by atoms with E-state index in [1.807, 2.05) is 13.8 Å². The zero-order valence-electron chi connectivity index (χ0n) is 24.3. The van der Waals surface area contributed by atoms with E-state index in [0.717, 1.165) is 38.2 Å². The summed E-state index contributed by atoms with van der Waals surface area (Å²) in [6.45, 7) is 4.76. The van der Waals surface area contributed by atoms with Crippen molar-refractivity contribution in [2.45, 2.75) is 89.6 Å². The zero-order chi connectivity index (χ0) is 31.1. The molecule has 1 heterocycles. The van der Waals surface area contributed by atoms with E-state index in [-0.39, 0.29) is 23.8 Å². The molecular weight excluding hydrogens is 565 g/mol. The molecule has 3 aliphatic carbocycles. The first kappa shape index (κ1) is 30.6. The van der Waals surface area contributed by atoms with Gasteiger partial charge < -0.3 is 21.3 Å². The first-order valence-electron chi connectivity index (χ1n) is 14.8. The van der Waals surface area contributed by atoms with Gasteiger partial charge >= 0.3 is 6.18 Å². The number of aromatic nitrogens is 2. The molecule has 13 heteroatoms. The standard InChI is InChI=1S/C30H37F3N6O4/c1-15(2)39-23(12-13-34-39)27(41)38-25(24(17-4-5-17)18-6-7-18)28(42)36-20-9-10-21-19(14-20)8-11-22(21)37-29(43)26(30(31,32)33)35-16(3)40/h9-10,12-15,17-18,22,24-26H,4-8,11H2,1-3H3,(H,35,40)(H,36,42)(H,37,43)(H,38,41)/t22-,25+,26?/m1/s1. The maximum atomic E-state index is 13.8. The summed E-state index contributed by atoms with van der Waals surface area (Å²) >= 11 is 0. The van der Waals surface area contributed by atoms with E-state index in [0.29, 0.717) is 41.6 Å². The van der Waals surface area contributed by atoms with Crippen molar-refractivity contribution in [2.75, 3.05) is 5.32 Å². The van der Waals surface area contributed by atoms with Gasteiger partial charge in [-0.1, -0.05) is 6.07 Å². The molecule has 2 aromatic rings. The molecule has 0 radical (unpaired) electrons. The van der Waals surface area contributed by atoms with Gasteiger partial charge in [-0.15, -0.1) is 0 Å². The van der Waals surface area contributed by atoms with Gasteiger partial charge in [0.1, 0.15) is 11.7 Å². The lowest BCUT2D eigenvalue weighted by Gasteiger charge is -2.28. The predicted molar refractivity (Wildman–Crippen MR) is 151 cm³/mol. The third-order valence-electron chi connectivity index (χ3n) is 8.42. The Morgan fingerprint density at radius 3 is 2.21 bits per heavy atom. The Hall–Kier alpha value is -3.90. The molecule has 0 bridgehead atoms. The smallest absolute Gasteiger partial charge is 0.347 e. The molecule has 10 nitrogen and oxygen atoms in total. The van der Waals surface area contributed by atoms with Crippen LogP contribution in [0.2, 0.25) is 0 Å². The van der Waals surface area contributed by atoms with Crippen LogP contribution < -0.4 is 21.3 Å². The van der Waals surface area contributed by atoms with Crippen molar-refractivity contribution >= 4 is 29.3 Å². The molecule has 4 amide bonds. The van der Waals surface area contributed by atoms with E-state index in [9.17, 15) is 32.3 Å². The highest BCUT2D eigenvalue weighted by Gasteiger charge is 2.49. The number of amides is 4. The van der Waals surface area contributed by atoms with Crippen molar-refractivity contribution in [3.8, 4) is 0 Å². The summed E-state index contributed by atoms with van der Waals surface area (Å²) in [5.41, 5.74) is 2.32. The van der Waals surface area contributed by atoms with Crippen LogP contribution in [-0.2, 0) is 20.8 Å². The molecule has 5 rings (SSSR count). The maximum Gasteiger partial charge on any atom is 0.417 e. The molecule has 4 N–H and O–H groups in total. The number of nitrogens with one attached hydrogen (secondary N) is 4. The van der Waals surface area contributed by atoms with E-state index >= 15 is 0 Å². The second-order valence-corrected chi connectivity index (χ2v) is 12.1. The molecule has 2 fully saturated rings. The lowest BCUT2D eigenvalue weighted by molar-refractivity contribution is -0.172. The highest BCUT2D eigenvalue weighted by Crippen LogP contribution is 2.51. The maximum absolute atomic E-state index is 13.8. The van der Waals surface area contributed by atoms with Crippen LogP contribution in [0.1, 0.15) is 86.6 Å². The Morgan fingerprint density at radius 2 is 1.63 bits per heavy atom. The third-order valence-corrected chi connectivity index (χ3v) is 8.42. The van der Waals surface area contributed by atoms with E-state index in [4.69, 9.17) is 0 Å². The van der Waals surface area contributed by atoms with Crippen molar-refractivity contribution in [1.29, 1.82) is 0 Å². The van der Waals surface area contributed by atoms with Gasteiger partial charge in [0.25, 0.3) is 11.8 Å². The molecule has 0 saturated heterocycles. The van der Waals surface area contributed by atoms with Gasteiger partial charge in [-0.25, -0.2) is 0 Å². The summed E-state index contributed by atoms with van der Waals surface area (Å²) in [5.74, 6) is -2.20. The molecule has 1 unspecified atom stereocenters. The molecule has 1 aromatic heterocycles. The average Bonchev–Trinajstić information content (AvgIpc) is 3.86. The van der Waals surface area contributed by atoms with Crippen molar-refractivity contribution in [3.05, 3.63) is 47.3 Å². The van der Waals surface area contributed by atoms with Crippen molar-refractivity contribution in [2.24, 2.45) is 17.8 Å². The first-order chi connectivity index (χ1) is 20.3. The van der Waals surface area contributed by atoms with Crippen LogP contribution in [0, 0.1) is 17.8 Å². The Balaban J connectivity index is 1.30. The van der Waals surface area contributed by atoms with Crippen LogP contribution in [-0.4, -0.2) is 51.7 Å². The number of aryl methyl sites for hydroxylation is 1. The minimum atomic E-state index is -4.94. The van der Waals surface area contributed by atoms with Gasteiger partial charge in [0.15, 0.2) is 0 Å². The normalized spacial score (nSPS) is 19.5. The predicted octanol–water partition coefficient (Wildman–Crippen LogP) is 3.81. The number of hydrogen-bond acceptors (Lipinski definition) is 5. The Labute approximate surface area is 247 Å². The molecular formula is C30H37F3N6O4. The number of rotatable bonds is 11. The van der Waals surface area contributed by atoms with Crippen LogP contribution in [0.4, 0.5) is 18.9 Å². The highest BCUT2D eigenvalue weighted by molar-refractivity contribution is 6.01. The molecule has 43 heavy (non-hydrogen) atoms. The topological polar surface area (TPSA) is 134 Å². The van der Waals surface area contributed by atoms with E-state index in [1.54, 1.807) is 40.5 Å². The average molecular weight is 603 g/mol. The Kier molecular flexibility index (Phi) is 8.53. The zero-order valence-corrected chi connectivity index (χ0v) is 24.3. The molecule has 232 valence electrons. The van der Waals surface area contributed by atoms with Gasteiger partial charge in [-0.3, -0.25) is 23.9 Å². The summed E-state index contributed by atoms with van der Waals surface area (Å²) in [6.07, 6.45) is 1.56. The summed E-state index contributed by atoms with van der Waals surface area (Å²) in [7, 11) is 0. The molecule has 3 aliphatic rings. The number of halogens is 3. The number of anilines is 1. The number of nitrogens with zero attached hydrogens (tertiary/aromatic N) is 2. The van der Waals surface area contributed by atoms with Crippen LogP contribution in [0.25, 0.3) is 0 Å². The summed E-state index contributed by atoms with van der Waals surface area (Å²) in [6, 6.07) is 2.62. The van der Waals surface area contributed by atoms with E-state index < -0.39 is 36.1 Å². The fourth-order valence-electron chi connectivity index (χ4n) is 6.17. The van der Waals surface area contributed by atoms with Crippen molar-refractivity contribution in [1.82, 2.24) is 25.7 Å². The van der Waals surface area contributed by atoms with Gasteiger partial charge in [-0.2, -0.15) is 18.3 Å². The van der Waals surface area contributed by atoms with E-state index in [2.05, 4.69) is 21.0 Å². The summed E-state index contributed by atoms with van der Waals surface area (Å²) in [4.78, 5) is 50.8. The lowest BCUT2D eigenvalue weighted by atomic mass is 9.88. The Morgan fingerprint density at radius 1 is 0.953 bits per heavy atom. The van der Waals surface area contributed by atoms with Crippen LogP contribution in [0.15, 0.2) is 30.5 Å². The molecule has 0 aliphatic heterocycles. The van der Waals surface area contributed by atoms with Gasteiger partial charge in [-0.05, 0) is 99.5 Å². The van der Waals surface area contributed by atoms with Crippen LogP contribution >= 0.6 is 0 Å². The SMILES string of the molecule is CC(=O)NC(C(=O)N[C@@H]1CCc2cc(NC(=O)[C@@H](NC(=O)c3ccnn3C(C)C)C(C3CC3)C3CC3)ccc21)C(F)(F)F. The van der Waals surface area contributed by atoms with Gasteiger partial charge in [0.2, 0.25) is 17.9 Å². The second kappa shape index (κ2) is 12.0. The molecule has 3 atom stereocenters. The number of carbonyl (C=O) groups excluding carboxylic acids is 4.